The lowest BCUT2D eigenvalue weighted by molar-refractivity contribution is 0.803. The van der Waals surface area contributed by atoms with Crippen molar-refractivity contribution in [2.24, 2.45) is 0 Å². The summed E-state index contributed by atoms with van der Waals surface area (Å²) in [5.74, 6) is 0.863. The molecule has 302 valence electrons. The molecule has 0 saturated heterocycles. The number of hydrogen-bond donors (Lipinski definition) is 0. The summed E-state index contributed by atoms with van der Waals surface area (Å²) in [5.41, 5.74) is 15.1. The van der Waals surface area contributed by atoms with Crippen LogP contribution in [0.25, 0.3) is 103 Å². The Bertz CT molecular complexity index is 3610. The van der Waals surface area contributed by atoms with Crippen LogP contribution in [0.15, 0.2) is 218 Å². The fourth-order valence-corrected chi connectivity index (χ4v) is 11.1. The minimum absolute atomic E-state index is 0.116. The molecule has 2 heterocycles. The zero-order valence-electron chi connectivity index (χ0n) is 35.4. The maximum Gasteiger partial charge on any atom is 0.160 e. The van der Waals surface area contributed by atoms with Crippen molar-refractivity contribution in [2.75, 3.05) is 0 Å². The molecule has 11 aromatic rings. The first-order valence-electron chi connectivity index (χ1n) is 22.1. The number of benzene rings is 9. The van der Waals surface area contributed by atoms with Crippen LogP contribution in [0.2, 0.25) is 0 Å². The Hall–Kier alpha value is -7.72. The fourth-order valence-electron chi connectivity index (χ4n) is 9.79. The molecule has 1 atom stereocenters. The van der Waals surface area contributed by atoms with Crippen LogP contribution < -0.4 is 0 Å². The van der Waals surface area contributed by atoms with E-state index in [2.05, 4.69) is 225 Å². The van der Waals surface area contributed by atoms with Crippen molar-refractivity contribution >= 4 is 58.6 Å². The molecule has 12 rings (SSSR count). The minimum Gasteiger partial charge on any atom is -0.232 e. The van der Waals surface area contributed by atoms with Crippen LogP contribution in [-0.4, -0.2) is 9.97 Å². The standard InChI is InChI=1S/C61H42N2S/c1-39-58(47-34-26-42(27-35-47)40-14-4-2-5-15-40)62-61(48-36-28-43(29-37-48)41-16-6-3-7-17-41)63-59(39)55-38-56-57(53-22-11-10-21-52(53)55)54-25-13-24-51(60(54)64-56)46-32-30-45(31-33-46)50-23-12-19-44-18-8-9-20-49(44)50/h2-34,36-38,47H,35H2,1H3. The molecule has 2 nitrogen and oxygen atoms in total. The average Bonchev–Trinajstić information content (AvgIpc) is 3.76. The number of fused-ring (bicyclic) bond motifs is 6. The summed E-state index contributed by atoms with van der Waals surface area (Å²) < 4.78 is 2.55. The molecule has 64 heavy (non-hydrogen) atoms. The molecule has 1 aliphatic rings. The van der Waals surface area contributed by atoms with Crippen molar-refractivity contribution in [3.8, 4) is 56.0 Å². The van der Waals surface area contributed by atoms with Crippen LogP contribution in [-0.2, 0) is 0 Å². The second-order valence-corrected chi connectivity index (χ2v) is 17.9. The van der Waals surface area contributed by atoms with Crippen LogP contribution in [0.4, 0.5) is 0 Å². The quantitative estimate of drug-likeness (QED) is 0.160. The van der Waals surface area contributed by atoms with Gasteiger partial charge in [0.15, 0.2) is 5.82 Å². The van der Waals surface area contributed by atoms with Crippen LogP contribution >= 0.6 is 11.3 Å². The van der Waals surface area contributed by atoms with Crippen molar-refractivity contribution in [3.05, 3.63) is 235 Å². The number of hydrogen-bond acceptors (Lipinski definition) is 3. The van der Waals surface area contributed by atoms with Crippen molar-refractivity contribution in [1.29, 1.82) is 0 Å². The Morgan fingerprint density at radius 1 is 0.469 bits per heavy atom. The molecule has 0 N–H and O–H groups in total. The highest BCUT2D eigenvalue weighted by molar-refractivity contribution is 7.26. The Kier molecular flexibility index (Phi) is 9.43. The van der Waals surface area contributed by atoms with Crippen molar-refractivity contribution in [3.63, 3.8) is 0 Å². The fraction of sp³-hybridized carbons (Fsp3) is 0.0492. The number of rotatable bonds is 7. The molecule has 1 unspecified atom stereocenters. The maximum absolute atomic E-state index is 5.52. The van der Waals surface area contributed by atoms with Crippen molar-refractivity contribution < 1.29 is 0 Å². The second kappa shape index (κ2) is 15.9. The average molecular weight is 835 g/mol. The third-order valence-electron chi connectivity index (χ3n) is 13.0. The van der Waals surface area contributed by atoms with Gasteiger partial charge in [0.25, 0.3) is 0 Å². The van der Waals surface area contributed by atoms with Crippen molar-refractivity contribution in [1.82, 2.24) is 9.97 Å². The Balaban J connectivity index is 0.999. The summed E-state index contributed by atoms with van der Waals surface area (Å²) in [4.78, 5) is 10.9. The van der Waals surface area contributed by atoms with Gasteiger partial charge < -0.3 is 0 Å². The zero-order chi connectivity index (χ0) is 42.6. The summed E-state index contributed by atoms with van der Waals surface area (Å²) in [6.07, 6.45) is 7.84. The number of nitrogens with zero attached hydrogens (tertiary/aromatic N) is 2. The van der Waals surface area contributed by atoms with E-state index < -0.39 is 0 Å². The number of allylic oxidation sites excluding steroid dienone is 4. The van der Waals surface area contributed by atoms with Crippen LogP contribution in [0.3, 0.4) is 0 Å². The highest BCUT2D eigenvalue weighted by atomic mass is 32.1. The van der Waals surface area contributed by atoms with Gasteiger partial charge >= 0.3 is 0 Å². The van der Waals surface area contributed by atoms with E-state index in [0.29, 0.717) is 0 Å². The molecule has 0 aliphatic heterocycles. The molecule has 3 heteroatoms. The molecule has 2 aromatic heterocycles. The molecule has 1 aliphatic carbocycles. The van der Waals surface area contributed by atoms with Gasteiger partial charge in [0.05, 0.1) is 11.4 Å². The third kappa shape index (κ3) is 6.64. The monoisotopic (exact) mass is 834 g/mol. The maximum atomic E-state index is 5.52. The van der Waals surface area contributed by atoms with Gasteiger partial charge in [0.2, 0.25) is 0 Å². The highest BCUT2D eigenvalue weighted by Gasteiger charge is 2.24. The molecule has 0 spiro atoms. The minimum atomic E-state index is 0.116. The van der Waals surface area contributed by atoms with E-state index in [1.807, 2.05) is 11.3 Å². The Morgan fingerprint density at radius 3 is 1.80 bits per heavy atom. The van der Waals surface area contributed by atoms with E-state index in [0.717, 1.165) is 40.3 Å². The summed E-state index contributed by atoms with van der Waals surface area (Å²) in [5, 5.41) is 7.55. The molecule has 0 saturated carbocycles. The van der Waals surface area contributed by atoms with Crippen molar-refractivity contribution in [2.45, 2.75) is 19.3 Å². The first-order valence-corrected chi connectivity index (χ1v) is 22.9. The van der Waals surface area contributed by atoms with Gasteiger partial charge in [-0.3, -0.25) is 0 Å². The van der Waals surface area contributed by atoms with Crippen LogP contribution in [0.5, 0.6) is 0 Å². The lowest BCUT2D eigenvalue weighted by Gasteiger charge is -2.21. The van der Waals surface area contributed by atoms with E-state index in [4.69, 9.17) is 9.97 Å². The smallest absolute Gasteiger partial charge is 0.160 e. The molecular weight excluding hydrogens is 793 g/mol. The highest BCUT2D eigenvalue weighted by Crippen LogP contribution is 2.47. The van der Waals surface area contributed by atoms with E-state index >= 15 is 0 Å². The molecule has 9 aromatic carbocycles. The lowest BCUT2D eigenvalue weighted by Crippen LogP contribution is -2.08. The Labute approximate surface area is 377 Å². The predicted molar refractivity (Wildman–Crippen MR) is 273 cm³/mol. The van der Waals surface area contributed by atoms with Crippen LogP contribution in [0.1, 0.15) is 29.2 Å². The first-order chi connectivity index (χ1) is 31.6. The van der Waals surface area contributed by atoms with E-state index in [1.54, 1.807) is 0 Å². The zero-order valence-corrected chi connectivity index (χ0v) is 36.2. The SMILES string of the molecule is Cc1c(-c2cc3sc4c(-c5ccc(-c6cccc7ccccc67)cc5)cccc4c3c3ccccc23)nc(-c2ccc(-c3ccccc3)cc2)nc1C1C=CC(c2ccccc2)=CC1. The van der Waals surface area contributed by atoms with Gasteiger partial charge in [0.1, 0.15) is 0 Å². The Morgan fingerprint density at radius 2 is 1.05 bits per heavy atom. The number of aromatic nitrogens is 2. The van der Waals surface area contributed by atoms with Gasteiger partial charge in [0, 0.05) is 37.2 Å². The van der Waals surface area contributed by atoms with Gasteiger partial charge in [-0.25, -0.2) is 9.97 Å². The van der Waals surface area contributed by atoms with E-state index in [9.17, 15) is 0 Å². The number of thiophene rings is 1. The summed E-state index contributed by atoms with van der Waals surface area (Å²) in [6.45, 7) is 2.22. The summed E-state index contributed by atoms with van der Waals surface area (Å²) in [6, 6.07) is 72.4. The third-order valence-corrected chi connectivity index (χ3v) is 14.2. The largest absolute Gasteiger partial charge is 0.232 e. The summed E-state index contributed by atoms with van der Waals surface area (Å²) >= 11 is 1.88. The second-order valence-electron chi connectivity index (χ2n) is 16.8. The van der Waals surface area contributed by atoms with Gasteiger partial charge in [-0.05, 0) is 91.0 Å². The van der Waals surface area contributed by atoms with Gasteiger partial charge in [-0.2, -0.15) is 0 Å². The molecule has 0 radical (unpaired) electrons. The molecule has 0 amide bonds. The van der Waals surface area contributed by atoms with Gasteiger partial charge in [-0.15, -0.1) is 11.3 Å². The lowest BCUT2D eigenvalue weighted by atomic mass is 9.87. The topological polar surface area (TPSA) is 25.8 Å². The first kappa shape index (κ1) is 38.0. The molecule has 0 bridgehead atoms. The van der Waals surface area contributed by atoms with E-state index in [1.165, 1.54) is 86.2 Å². The normalized spacial score (nSPS) is 13.8. The molecule has 0 fully saturated rings. The molecular formula is C61H42N2S. The van der Waals surface area contributed by atoms with E-state index in [-0.39, 0.29) is 5.92 Å². The van der Waals surface area contributed by atoms with Crippen LogP contribution in [0, 0.1) is 6.92 Å². The predicted octanol–water partition coefficient (Wildman–Crippen LogP) is 16.9. The summed E-state index contributed by atoms with van der Waals surface area (Å²) in [7, 11) is 0. The van der Waals surface area contributed by atoms with Gasteiger partial charge in [-0.1, -0.05) is 212 Å².